The van der Waals surface area contributed by atoms with Crippen LogP contribution < -0.4 is 14.8 Å². The van der Waals surface area contributed by atoms with Crippen LogP contribution in [-0.2, 0) is 41.1 Å². The molecule has 0 saturated carbocycles. The number of hydrogen-bond acceptors (Lipinski definition) is 8. The number of aromatic nitrogens is 2. The van der Waals surface area contributed by atoms with Crippen molar-refractivity contribution in [3.8, 4) is 11.9 Å². The minimum atomic E-state index is -0.837. The Morgan fingerprint density at radius 2 is 1.96 bits per heavy atom. The van der Waals surface area contributed by atoms with Crippen molar-refractivity contribution in [2.45, 2.75) is 102 Å². The van der Waals surface area contributed by atoms with Crippen LogP contribution in [0.15, 0.2) is 48.5 Å². The molecule has 0 bridgehead atoms. The number of fused-ring (bicyclic) bond motifs is 4. The molecule has 9 nitrogen and oxygen atoms in total. The maximum Gasteiger partial charge on any atom is 0.412 e. The largest absolute Gasteiger partial charge is 0.472 e. The van der Waals surface area contributed by atoms with Crippen LogP contribution in [-0.4, -0.2) is 58.0 Å². The summed E-state index contributed by atoms with van der Waals surface area (Å²) in [5.74, 6) is 0.450. The molecule has 2 saturated heterocycles. The Labute approximate surface area is 269 Å². The molecule has 1 unspecified atom stereocenters. The fraction of sp³-hybridized carbons (Fsp3) is 0.528. The second kappa shape index (κ2) is 12.1. The second-order valence-corrected chi connectivity index (χ2v) is 14.2. The molecule has 1 aliphatic carbocycles. The number of rotatable bonds is 7. The zero-order chi connectivity index (χ0) is 31.9. The average Bonchev–Trinajstić information content (AvgIpc) is 3.54. The quantitative estimate of drug-likeness (QED) is 0.310. The summed E-state index contributed by atoms with van der Waals surface area (Å²) in [6, 6.07) is 16.2. The highest BCUT2D eigenvalue weighted by Gasteiger charge is 2.49. The van der Waals surface area contributed by atoms with Crippen LogP contribution in [0.25, 0.3) is 0 Å². The molecule has 3 aromatic rings. The molecule has 2 fully saturated rings. The lowest BCUT2D eigenvalue weighted by molar-refractivity contribution is -0.0867. The number of benzene rings is 2. The fourth-order valence-corrected chi connectivity index (χ4v) is 7.62. The van der Waals surface area contributed by atoms with Crippen LogP contribution in [0.1, 0.15) is 80.8 Å². The van der Waals surface area contributed by atoms with Crippen LogP contribution in [0.3, 0.4) is 0 Å². The Hall–Kier alpha value is -3.76. The number of ether oxygens (including phenoxy) is 4. The molecule has 244 valence electrons. The van der Waals surface area contributed by atoms with Gasteiger partial charge in [-0.2, -0.15) is 9.97 Å². The highest BCUT2D eigenvalue weighted by Crippen LogP contribution is 2.47. The molecule has 0 radical (unpaired) electrons. The monoisotopic (exact) mass is 630 g/mol. The van der Waals surface area contributed by atoms with Crippen LogP contribution in [0.5, 0.6) is 11.9 Å². The number of amides is 1. The van der Waals surface area contributed by atoms with E-state index in [9.17, 15) is 9.18 Å². The van der Waals surface area contributed by atoms with E-state index in [2.05, 4.69) is 16.3 Å². The lowest BCUT2D eigenvalue weighted by Crippen LogP contribution is -2.43. The minimum absolute atomic E-state index is 0.249. The molecule has 3 aliphatic heterocycles. The van der Waals surface area contributed by atoms with Gasteiger partial charge in [0.1, 0.15) is 25.0 Å². The van der Waals surface area contributed by atoms with E-state index in [-0.39, 0.29) is 18.2 Å². The van der Waals surface area contributed by atoms with Crippen LogP contribution in [0.4, 0.5) is 14.9 Å². The molecule has 1 aromatic heterocycles. The number of hydrogen-bond donors (Lipinski definition) is 1. The van der Waals surface area contributed by atoms with E-state index in [0.29, 0.717) is 44.2 Å². The van der Waals surface area contributed by atoms with Crippen molar-refractivity contribution in [3.05, 3.63) is 76.5 Å². The predicted octanol–water partition coefficient (Wildman–Crippen LogP) is 6.66. The van der Waals surface area contributed by atoms with E-state index in [1.54, 1.807) is 0 Å². The number of halogens is 1. The summed E-state index contributed by atoms with van der Waals surface area (Å²) in [5.41, 5.74) is 4.03. The van der Waals surface area contributed by atoms with Crippen LogP contribution in [0, 0.1) is 0 Å². The molecule has 1 spiro atoms. The third-order valence-corrected chi connectivity index (χ3v) is 9.70. The Morgan fingerprint density at radius 3 is 2.78 bits per heavy atom. The van der Waals surface area contributed by atoms with Crippen molar-refractivity contribution < 1.29 is 28.1 Å². The van der Waals surface area contributed by atoms with E-state index >= 15 is 0 Å². The fourth-order valence-electron chi connectivity index (χ4n) is 7.62. The number of nitrogens with zero attached hydrogens (tertiary/aromatic N) is 3. The van der Waals surface area contributed by atoms with Crippen LogP contribution >= 0.6 is 0 Å². The van der Waals surface area contributed by atoms with E-state index < -0.39 is 23.5 Å². The lowest BCUT2D eigenvalue weighted by atomic mass is 9.74. The Kier molecular flexibility index (Phi) is 8.13. The maximum absolute atomic E-state index is 14.5. The van der Waals surface area contributed by atoms with Gasteiger partial charge >= 0.3 is 12.1 Å². The van der Waals surface area contributed by atoms with Gasteiger partial charge in [0.25, 0.3) is 0 Å². The first-order valence-corrected chi connectivity index (χ1v) is 16.5. The van der Waals surface area contributed by atoms with E-state index in [4.69, 9.17) is 28.9 Å². The second-order valence-electron chi connectivity index (χ2n) is 14.2. The molecular formula is C36H43FN4O5. The molecule has 1 amide bonds. The first-order chi connectivity index (χ1) is 22.1. The molecule has 3 atom stereocenters. The third kappa shape index (κ3) is 6.29. The highest BCUT2D eigenvalue weighted by molar-refractivity contribution is 5.85. The van der Waals surface area contributed by atoms with Gasteiger partial charge in [0, 0.05) is 25.1 Å². The molecule has 7 rings (SSSR count). The van der Waals surface area contributed by atoms with Gasteiger partial charge in [0.2, 0.25) is 5.88 Å². The number of alkyl halides is 1. The van der Waals surface area contributed by atoms with Crippen molar-refractivity contribution >= 4 is 11.8 Å². The number of carbonyl (C=O) groups is 1. The minimum Gasteiger partial charge on any atom is -0.472 e. The summed E-state index contributed by atoms with van der Waals surface area (Å²) in [7, 11) is 0. The SMILES string of the molecule is CC(C)(C)OC(=O)Nc1ccc2c(c1)C1(CCC2)Cc2nc(OC[C@@]34CCCN3C[C@H](F)C4)nc(OCc3ccccc3)c2CO1. The Morgan fingerprint density at radius 1 is 1.11 bits per heavy atom. The molecule has 2 aromatic carbocycles. The topological polar surface area (TPSA) is 95.0 Å². The van der Waals surface area contributed by atoms with Crippen molar-refractivity contribution in [1.29, 1.82) is 0 Å². The summed E-state index contributed by atoms with van der Waals surface area (Å²) in [6.07, 6.45) is 4.30. The van der Waals surface area contributed by atoms with Gasteiger partial charge in [-0.15, -0.1) is 0 Å². The van der Waals surface area contributed by atoms with E-state index in [0.717, 1.165) is 61.0 Å². The zero-order valence-electron chi connectivity index (χ0n) is 26.9. The summed E-state index contributed by atoms with van der Waals surface area (Å²) >= 11 is 0. The van der Waals surface area contributed by atoms with Gasteiger partial charge in [0.15, 0.2) is 0 Å². The summed E-state index contributed by atoms with van der Waals surface area (Å²) in [5, 5.41) is 2.89. The van der Waals surface area contributed by atoms with Gasteiger partial charge in [-0.1, -0.05) is 36.4 Å². The van der Waals surface area contributed by atoms with Gasteiger partial charge in [-0.05, 0) is 88.2 Å². The van der Waals surface area contributed by atoms with Crippen molar-refractivity contribution in [3.63, 3.8) is 0 Å². The van der Waals surface area contributed by atoms with Crippen molar-refractivity contribution in [1.82, 2.24) is 14.9 Å². The summed E-state index contributed by atoms with van der Waals surface area (Å²) in [6.45, 7) is 7.85. The summed E-state index contributed by atoms with van der Waals surface area (Å²) < 4.78 is 39.4. The van der Waals surface area contributed by atoms with Crippen molar-refractivity contribution in [2.75, 3.05) is 25.0 Å². The Bertz CT molecular complexity index is 1600. The number of nitrogens with one attached hydrogen (secondary N) is 1. The molecule has 1 N–H and O–H groups in total. The normalized spacial score (nSPS) is 25.4. The van der Waals surface area contributed by atoms with Crippen molar-refractivity contribution in [2.24, 2.45) is 0 Å². The molecule has 4 aliphatic rings. The molecule has 4 heterocycles. The first-order valence-electron chi connectivity index (χ1n) is 16.5. The number of aryl methyl sites for hydroxylation is 1. The van der Waals surface area contributed by atoms with Gasteiger partial charge < -0.3 is 18.9 Å². The highest BCUT2D eigenvalue weighted by atomic mass is 19.1. The van der Waals surface area contributed by atoms with Gasteiger partial charge in [-0.3, -0.25) is 10.2 Å². The first kappa shape index (κ1) is 30.9. The maximum atomic E-state index is 14.5. The van der Waals surface area contributed by atoms with Gasteiger partial charge in [0.05, 0.1) is 29.0 Å². The molecule has 46 heavy (non-hydrogen) atoms. The summed E-state index contributed by atoms with van der Waals surface area (Å²) in [4.78, 5) is 24.5. The van der Waals surface area contributed by atoms with Crippen LogP contribution in [0.2, 0.25) is 0 Å². The number of carbonyl (C=O) groups excluding carboxylic acids is 1. The Balaban J connectivity index is 1.18. The standard InChI is InChI=1S/C36H43FN4O5/c1-34(2,3)46-33(42)38-27-13-12-25-11-7-15-36(29(25)17-27)19-30-28(22-45-36)31(43-21-24-9-5-4-6-10-24)40-32(39-30)44-23-35-14-8-16-41(35)20-26(37)18-35/h4-6,9-10,12-13,17,26H,7-8,11,14-16,18-23H2,1-3H3,(H,38,42)/t26-,35+,36?/m1/s1. The number of anilines is 1. The van der Waals surface area contributed by atoms with E-state index in [1.165, 1.54) is 5.56 Å². The predicted molar refractivity (Wildman–Crippen MR) is 171 cm³/mol. The smallest absolute Gasteiger partial charge is 0.412 e. The van der Waals surface area contributed by atoms with Gasteiger partial charge in [-0.25, -0.2) is 9.18 Å². The van der Waals surface area contributed by atoms with E-state index in [1.807, 2.05) is 63.2 Å². The average molecular weight is 631 g/mol. The molecule has 10 heteroatoms. The lowest BCUT2D eigenvalue weighted by Gasteiger charge is -2.42. The third-order valence-electron chi connectivity index (χ3n) is 9.70. The zero-order valence-corrected chi connectivity index (χ0v) is 26.9. The molecular weight excluding hydrogens is 587 g/mol.